The minimum atomic E-state index is -0.261. The molecule has 1 nitrogen and oxygen atoms in total. The summed E-state index contributed by atoms with van der Waals surface area (Å²) in [7, 11) is 0. The molecule has 0 saturated carbocycles. The topological polar surface area (TPSA) is 17.1 Å². The first-order valence-corrected chi connectivity index (χ1v) is 5.96. The minimum Gasteiger partial charge on any atom is -0.293 e. The standard InChI is InChI=1S/C12H15FOS/c1-8(2)15-7-12(14)10-4-5-11(13)9(3)6-10/h4-6,8H,7H2,1-3H3. The van der Waals surface area contributed by atoms with Gasteiger partial charge in [0.15, 0.2) is 5.78 Å². The number of ketones is 1. The summed E-state index contributed by atoms with van der Waals surface area (Å²) >= 11 is 1.60. The van der Waals surface area contributed by atoms with Crippen LogP contribution in [0.2, 0.25) is 0 Å². The fraction of sp³-hybridized carbons (Fsp3) is 0.417. The van der Waals surface area contributed by atoms with Gasteiger partial charge in [-0.15, -0.1) is 0 Å². The first-order chi connectivity index (χ1) is 7.00. The quantitative estimate of drug-likeness (QED) is 0.731. The Hall–Kier alpha value is -0.830. The van der Waals surface area contributed by atoms with Gasteiger partial charge in [-0.1, -0.05) is 13.8 Å². The molecule has 0 unspecified atom stereocenters. The van der Waals surface area contributed by atoms with Gasteiger partial charge < -0.3 is 0 Å². The molecule has 0 bridgehead atoms. The molecule has 0 aliphatic rings. The maximum atomic E-state index is 13.0. The second-order valence-electron chi connectivity index (χ2n) is 3.75. The van der Waals surface area contributed by atoms with Crippen molar-refractivity contribution in [3.63, 3.8) is 0 Å². The van der Waals surface area contributed by atoms with Crippen LogP contribution in [0, 0.1) is 12.7 Å². The summed E-state index contributed by atoms with van der Waals surface area (Å²) in [6.07, 6.45) is 0. The molecular weight excluding hydrogens is 211 g/mol. The lowest BCUT2D eigenvalue weighted by atomic mass is 10.1. The van der Waals surface area contributed by atoms with Crippen LogP contribution < -0.4 is 0 Å². The van der Waals surface area contributed by atoms with E-state index in [-0.39, 0.29) is 11.6 Å². The molecule has 0 fully saturated rings. The van der Waals surface area contributed by atoms with Gasteiger partial charge in [0.05, 0.1) is 5.75 Å². The second kappa shape index (κ2) is 5.31. The van der Waals surface area contributed by atoms with E-state index >= 15 is 0 Å². The zero-order chi connectivity index (χ0) is 11.4. The van der Waals surface area contributed by atoms with Crippen molar-refractivity contribution in [3.8, 4) is 0 Å². The third kappa shape index (κ3) is 3.67. The van der Waals surface area contributed by atoms with E-state index in [4.69, 9.17) is 0 Å². The molecule has 0 heterocycles. The van der Waals surface area contributed by atoms with E-state index in [1.807, 2.05) is 13.8 Å². The predicted molar refractivity (Wildman–Crippen MR) is 63.1 cm³/mol. The summed E-state index contributed by atoms with van der Waals surface area (Å²) in [6.45, 7) is 5.77. The Bertz CT molecular complexity index is 361. The molecule has 1 aromatic carbocycles. The van der Waals surface area contributed by atoms with Crippen LogP contribution in [-0.4, -0.2) is 16.8 Å². The van der Waals surface area contributed by atoms with Crippen LogP contribution in [0.15, 0.2) is 18.2 Å². The van der Waals surface area contributed by atoms with E-state index in [0.29, 0.717) is 22.1 Å². The molecule has 0 amide bonds. The smallest absolute Gasteiger partial charge is 0.172 e. The number of halogens is 1. The van der Waals surface area contributed by atoms with E-state index in [1.165, 1.54) is 6.07 Å². The van der Waals surface area contributed by atoms with Crippen LogP contribution in [0.1, 0.15) is 29.8 Å². The van der Waals surface area contributed by atoms with Gasteiger partial charge in [0.1, 0.15) is 5.82 Å². The molecule has 0 atom stereocenters. The second-order valence-corrected chi connectivity index (χ2v) is 5.31. The summed E-state index contributed by atoms with van der Waals surface area (Å²) in [5.41, 5.74) is 1.12. The Morgan fingerprint density at radius 3 is 2.67 bits per heavy atom. The van der Waals surface area contributed by atoms with Crippen LogP contribution in [-0.2, 0) is 0 Å². The number of rotatable bonds is 4. The Morgan fingerprint density at radius 2 is 2.13 bits per heavy atom. The third-order valence-electron chi connectivity index (χ3n) is 2.03. The van der Waals surface area contributed by atoms with Crippen molar-refractivity contribution in [2.24, 2.45) is 0 Å². The molecule has 0 aromatic heterocycles. The molecule has 1 rings (SSSR count). The van der Waals surface area contributed by atoms with E-state index in [0.717, 1.165) is 0 Å². The van der Waals surface area contributed by atoms with Crippen molar-refractivity contribution in [2.75, 3.05) is 5.75 Å². The fourth-order valence-corrected chi connectivity index (χ4v) is 1.80. The Balaban J connectivity index is 2.70. The molecule has 0 radical (unpaired) electrons. The van der Waals surface area contributed by atoms with Crippen molar-refractivity contribution in [1.29, 1.82) is 0 Å². The minimum absolute atomic E-state index is 0.0665. The first-order valence-electron chi connectivity index (χ1n) is 4.91. The van der Waals surface area contributed by atoms with E-state index in [1.54, 1.807) is 30.8 Å². The van der Waals surface area contributed by atoms with Crippen LogP contribution in [0.3, 0.4) is 0 Å². The van der Waals surface area contributed by atoms with Gasteiger partial charge in [-0.2, -0.15) is 11.8 Å². The number of hydrogen-bond donors (Lipinski definition) is 0. The highest BCUT2D eigenvalue weighted by Gasteiger charge is 2.08. The average Bonchev–Trinajstić information content (AvgIpc) is 2.18. The molecular formula is C12H15FOS. The monoisotopic (exact) mass is 226 g/mol. The Labute approximate surface area is 94.1 Å². The van der Waals surface area contributed by atoms with Gasteiger partial charge in [-0.25, -0.2) is 4.39 Å². The highest BCUT2D eigenvalue weighted by molar-refractivity contribution is 8.00. The molecule has 0 aliphatic heterocycles. The average molecular weight is 226 g/mol. The molecule has 1 aromatic rings. The third-order valence-corrected chi connectivity index (χ3v) is 3.12. The van der Waals surface area contributed by atoms with E-state index < -0.39 is 0 Å². The van der Waals surface area contributed by atoms with E-state index in [9.17, 15) is 9.18 Å². The summed E-state index contributed by atoms with van der Waals surface area (Å²) in [6, 6.07) is 4.51. The number of Topliss-reactive ketones (excluding diaryl/α,β-unsaturated/α-hetero) is 1. The summed E-state index contributed by atoms with van der Waals surface area (Å²) in [5, 5.41) is 0.440. The Morgan fingerprint density at radius 1 is 1.47 bits per heavy atom. The van der Waals surface area contributed by atoms with Gasteiger partial charge in [-0.3, -0.25) is 4.79 Å². The number of carbonyl (C=O) groups is 1. The predicted octanol–water partition coefficient (Wildman–Crippen LogP) is 3.46. The molecule has 3 heteroatoms. The summed E-state index contributed by atoms with van der Waals surface area (Å²) in [4.78, 5) is 11.7. The van der Waals surface area contributed by atoms with Gasteiger partial charge in [-0.05, 0) is 35.9 Å². The number of thioether (sulfide) groups is 1. The van der Waals surface area contributed by atoms with Gasteiger partial charge in [0, 0.05) is 5.56 Å². The number of benzene rings is 1. The lowest BCUT2D eigenvalue weighted by molar-refractivity contribution is 0.102. The van der Waals surface area contributed by atoms with Crippen molar-refractivity contribution in [2.45, 2.75) is 26.0 Å². The van der Waals surface area contributed by atoms with Gasteiger partial charge in [0.25, 0.3) is 0 Å². The first kappa shape index (κ1) is 12.2. The zero-order valence-electron chi connectivity index (χ0n) is 9.21. The molecule has 0 saturated heterocycles. The van der Waals surface area contributed by atoms with Crippen molar-refractivity contribution in [3.05, 3.63) is 35.1 Å². The maximum absolute atomic E-state index is 13.0. The number of carbonyl (C=O) groups excluding carboxylic acids is 1. The SMILES string of the molecule is Cc1cc(C(=O)CSC(C)C)ccc1F. The lowest BCUT2D eigenvalue weighted by Crippen LogP contribution is -2.05. The largest absolute Gasteiger partial charge is 0.293 e. The molecule has 0 spiro atoms. The normalized spacial score (nSPS) is 10.7. The van der Waals surface area contributed by atoms with Crippen LogP contribution in [0.4, 0.5) is 4.39 Å². The van der Waals surface area contributed by atoms with Crippen molar-refractivity contribution >= 4 is 17.5 Å². The highest BCUT2D eigenvalue weighted by atomic mass is 32.2. The Kier molecular flexibility index (Phi) is 4.33. The van der Waals surface area contributed by atoms with E-state index in [2.05, 4.69) is 0 Å². The molecule has 0 N–H and O–H groups in total. The number of hydrogen-bond acceptors (Lipinski definition) is 2. The van der Waals surface area contributed by atoms with Gasteiger partial charge >= 0.3 is 0 Å². The van der Waals surface area contributed by atoms with Crippen molar-refractivity contribution in [1.82, 2.24) is 0 Å². The summed E-state index contributed by atoms with van der Waals surface area (Å²) < 4.78 is 13.0. The van der Waals surface area contributed by atoms with Crippen molar-refractivity contribution < 1.29 is 9.18 Å². The van der Waals surface area contributed by atoms with Crippen LogP contribution in [0.5, 0.6) is 0 Å². The zero-order valence-corrected chi connectivity index (χ0v) is 10.0. The van der Waals surface area contributed by atoms with Crippen LogP contribution >= 0.6 is 11.8 Å². The molecule has 0 aliphatic carbocycles. The fourth-order valence-electron chi connectivity index (χ4n) is 1.14. The molecule has 82 valence electrons. The number of aryl methyl sites for hydroxylation is 1. The summed E-state index contributed by atoms with van der Waals surface area (Å²) in [5.74, 6) is 0.266. The van der Waals surface area contributed by atoms with Gasteiger partial charge in [0.2, 0.25) is 0 Å². The maximum Gasteiger partial charge on any atom is 0.172 e. The van der Waals surface area contributed by atoms with Crippen LogP contribution in [0.25, 0.3) is 0 Å². The molecule has 15 heavy (non-hydrogen) atoms. The lowest BCUT2D eigenvalue weighted by Gasteiger charge is -2.05. The highest BCUT2D eigenvalue weighted by Crippen LogP contribution is 2.14.